The van der Waals surface area contributed by atoms with Crippen LogP contribution >= 0.6 is 0 Å². The number of nitrogen functional groups attached to an aromatic ring is 1. The number of hydrogen-bond donors (Lipinski definition) is 1. The molecule has 0 amide bonds. The lowest BCUT2D eigenvalue weighted by atomic mass is 10.0. The van der Waals surface area contributed by atoms with Gasteiger partial charge in [0.2, 0.25) is 5.88 Å². The van der Waals surface area contributed by atoms with Crippen molar-refractivity contribution in [1.29, 1.82) is 0 Å². The van der Waals surface area contributed by atoms with Crippen molar-refractivity contribution in [3.63, 3.8) is 0 Å². The molecule has 0 radical (unpaired) electrons. The van der Waals surface area contributed by atoms with Crippen LogP contribution in [0.4, 0.5) is 5.88 Å². The third-order valence-corrected chi connectivity index (χ3v) is 3.52. The minimum Gasteiger partial charge on any atom is -0.464 e. The molecule has 0 saturated heterocycles. The molecule has 2 heterocycles. The van der Waals surface area contributed by atoms with Gasteiger partial charge in [0.1, 0.15) is 17.5 Å². The van der Waals surface area contributed by atoms with E-state index in [9.17, 15) is 0 Å². The SMILES string of the molecule is Nc1onc(-c2coc3ccccc23)c1-c1ccccc1. The Bertz CT molecular complexity index is 907. The van der Waals surface area contributed by atoms with Crippen molar-refractivity contribution >= 4 is 16.9 Å². The fraction of sp³-hybridized carbons (Fsp3) is 0. The summed E-state index contributed by atoms with van der Waals surface area (Å²) in [7, 11) is 0. The molecular weight excluding hydrogens is 264 g/mol. The Hall–Kier alpha value is -3.01. The van der Waals surface area contributed by atoms with Crippen LogP contribution in [0.25, 0.3) is 33.4 Å². The first-order valence-electron chi connectivity index (χ1n) is 6.62. The first-order chi connectivity index (χ1) is 10.3. The van der Waals surface area contributed by atoms with E-state index in [0.29, 0.717) is 11.6 Å². The van der Waals surface area contributed by atoms with Gasteiger partial charge in [-0.2, -0.15) is 0 Å². The minimum atomic E-state index is 0.307. The monoisotopic (exact) mass is 276 g/mol. The summed E-state index contributed by atoms with van der Waals surface area (Å²) in [6.45, 7) is 0. The van der Waals surface area contributed by atoms with Crippen LogP contribution in [0.2, 0.25) is 0 Å². The van der Waals surface area contributed by atoms with E-state index >= 15 is 0 Å². The molecular formula is C17H12N2O2. The highest BCUT2D eigenvalue weighted by Gasteiger charge is 2.20. The smallest absolute Gasteiger partial charge is 0.230 e. The van der Waals surface area contributed by atoms with Crippen LogP contribution in [-0.2, 0) is 0 Å². The van der Waals surface area contributed by atoms with Crippen LogP contribution in [-0.4, -0.2) is 5.16 Å². The molecule has 21 heavy (non-hydrogen) atoms. The Morgan fingerprint density at radius 3 is 2.52 bits per heavy atom. The zero-order chi connectivity index (χ0) is 14.2. The Morgan fingerprint density at radius 2 is 1.67 bits per heavy atom. The lowest BCUT2D eigenvalue weighted by Gasteiger charge is -2.01. The molecule has 2 N–H and O–H groups in total. The van der Waals surface area contributed by atoms with Crippen LogP contribution in [0.15, 0.2) is 69.8 Å². The lowest BCUT2D eigenvalue weighted by Crippen LogP contribution is -1.87. The van der Waals surface area contributed by atoms with Crippen molar-refractivity contribution in [2.45, 2.75) is 0 Å². The van der Waals surface area contributed by atoms with E-state index in [1.54, 1.807) is 6.26 Å². The van der Waals surface area contributed by atoms with Gasteiger partial charge in [0.15, 0.2) is 0 Å². The Kier molecular flexibility index (Phi) is 2.54. The highest BCUT2D eigenvalue weighted by atomic mass is 16.5. The highest BCUT2D eigenvalue weighted by Crippen LogP contribution is 2.39. The maximum Gasteiger partial charge on any atom is 0.230 e. The zero-order valence-corrected chi connectivity index (χ0v) is 11.1. The normalized spacial score (nSPS) is 11.0. The summed E-state index contributed by atoms with van der Waals surface area (Å²) in [6, 6.07) is 17.7. The number of furan rings is 1. The number of nitrogens with two attached hydrogens (primary N) is 1. The molecule has 4 rings (SSSR count). The van der Waals surface area contributed by atoms with Crippen molar-refractivity contribution in [3.05, 3.63) is 60.9 Å². The summed E-state index contributed by atoms with van der Waals surface area (Å²) in [5.74, 6) is 0.307. The number of para-hydroxylation sites is 1. The maximum atomic E-state index is 5.96. The standard InChI is InChI=1S/C17H12N2O2/c18-17-15(11-6-2-1-3-7-11)16(19-21-17)13-10-20-14-9-5-4-8-12(13)14/h1-10H,18H2. The molecule has 4 heteroatoms. The van der Waals surface area contributed by atoms with Crippen LogP contribution < -0.4 is 5.73 Å². The summed E-state index contributed by atoms with van der Waals surface area (Å²) < 4.78 is 10.8. The summed E-state index contributed by atoms with van der Waals surface area (Å²) in [4.78, 5) is 0. The Morgan fingerprint density at radius 1 is 0.905 bits per heavy atom. The van der Waals surface area contributed by atoms with Crippen LogP contribution in [0.3, 0.4) is 0 Å². The average Bonchev–Trinajstić information content (AvgIpc) is 3.11. The predicted molar refractivity (Wildman–Crippen MR) is 81.6 cm³/mol. The minimum absolute atomic E-state index is 0.307. The van der Waals surface area contributed by atoms with Gasteiger partial charge in [0, 0.05) is 5.39 Å². The summed E-state index contributed by atoms with van der Waals surface area (Å²) in [5, 5.41) is 5.11. The number of nitrogens with zero attached hydrogens (tertiary/aromatic N) is 1. The third-order valence-electron chi connectivity index (χ3n) is 3.52. The molecule has 0 unspecified atom stereocenters. The molecule has 0 aliphatic heterocycles. The first kappa shape index (κ1) is 11.8. The number of fused-ring (bicyclic) bond motifs is 1. The van der Waals surface area contributed by atoms with Crippen molar-refractivity contribution in [2.24, 2.45) is 0 Å². The number of hydrogen-bond acceptors (Lipinski definition) is 4. The zero-order valence-electron chi connectivity index (χ0n) is 11.1. The average molecular weight is 276 g/mol. The van der Waals surface area contributed by atoms with Gasteiger partial charge in [0.05, 0.1) is 11.1 Å². The molecule has 0 aliphatic rings. The van der Waals surface area contributed by atoms with Gasteiger partial charge in [-0.05, 0) is 11.6 Å². The molecule has 0 fully saturated rings. The Balaban J connectivity index is 1.98. The van der Waals surface area contributed by atoms with Gasteiger partial charge in [-0.25, -0.2) is 0 Å². The lowest BCUT2D eigenvalue weighted by molar-refractivity contribution is 0.439. The topological polar surface area (TPSA) is 65.2 Å². The highest BCUT2D eigenvalue weighted by molar-refractivity contribution is 5.98. The quantitative estimate of drug-likeness (QED) is 0.591. The molecule has 0 atom stereocenters. The number of aromatic nitrogens is 1. The molecule has 0 aliphatic carbocycles. The second kappa shape index (κ2) is 4.52. The van der Waals surface area contributed by atoms with Crippen molar-refractivity contribution in [3.8, 4) is 22.4 Å². The van der Waals surface area contributed by atoms with Crippen LogP contribution in [0.1, 0.15) is 0 Å². The first-order valence-corrected chi connectivity index (χ1v) is 6.62. The number of anilines is 1. The molecule has 2 aromatic carbocycles. The molecule has 102 valence electrons. The van der Waals surface area contributed by atoms with E-state index < -0.39 is 0 Å². The van der Waals surface area contributed by atoms with E-state index in [2.05, 4.69) is 5.16 Å². The van der Waals surface area contributed by atoms with E-state index in [1.165, 1.54) is 0 Å². The van der Waals surface area contributed by atoms with E-state index in [0.717, 1.165) is 27.7 Å². The fourth-order valence-electron chi connectivity index (χ4n) is 2.53. The van der Waals surface area contributed by atoms with Crippen molar-refractivity contribution < 1.29 is 8.94 Å². The van der Waals surface area contributed by atoms with E-state index in [4.69, 9.17) is 14.7 Å². The van der Waals surface area contributed by atoms with Gasteiger partial charge in [-0.15, -0.1) is 0 Å². The van der Waals surface area contributed by atoms with Gasteiger partial charge in [-0.1, -0.05) is 53.7 Å². The van der Waals surface area contributed by atoms with Gasteiger partial charge >= 0.3 is 0 Å². The van der Waals surface area contributed by atoms with Crippen LogP contribution in [0, 0.1) is 0 Å². The summed E-state index contributed by atoms with van der Waals surface area (Å²) >= 11 is 0. The molecule has 2 aromatic heterocycles. The Labute approximate surface area is 120 Å². The second-order valence-corrected chi connectivity index (χ2v) is 4.78. The van der Waals surface area contributed by atoms with Gasteiger partial charge in [-0.3, -0.25) is 0 Å². The molecule has 0 spiro atoms. The van der Waals surface area contributed by atoms with Gasteiger partial charge in [0.25, 0.3) is 0 Å². The maximum absolute atomic E-state index is 5.96. The number of rotatable bonds is 2. The van der Waals surface area contributed by atoms with Gasteiger partial charge < -0.3 is 14.7 Å². The van der Waals surface area contributed by atoms with Crippen molar-refractivity contribution in [1.82, 2.24) is 5.16 Å². The number of benzene rings is 2. The molecule has 4 nitrogen and oxygen atoms in total. The molecule has 0 bridgehead atoms. The van der Waals surface area contributed by atoms with E-state index in [1.807, 2.05) is 54.6 Å². The fourth-order valence-corrected chi connectivity index (χ4v) is 2.53. The summed E-state index contributed by atoms with van der Waals surface area (Å²) in [6.07, 6.45) is 1.69. The third kappa shape index (κ3) is 1.80. The molecule has 0 saturated carbocycles. The van der Waals surface area contributed by atoms with Crippen molar-refractivity contribution in [2.75, 3.05) is 5.73 Å². The second-order valence-electron chi connectivity index (χ2n) is 4.78. The predicted octanol–water partition coefficient (Wildman–Crippen LogP) is 4.34. The summed E-state index contributed by atoms with van der Waals surface area (Å²) in [5.41, 5.74) is 10.1. The largest absolute Gasteiger partial charge is 0.464 e. The van der Waals surface area contributed by atoms with E-state index in [-0.39, 0.29) is 0 Å². The van der Waals surface area contributed by atoms with Crippen LogP contribution in [0.5, 0.6) is 0 Å². The molecule has 4 aromatic rings.